The molecule has 4 rings (SSSR count). The summed E-state index contributed by atoms with van der Waals surface area (Å²) in [6.07, 6.45) is 6.79. The van der Waals surface area contributed by atoms with E-state index < -0.39 is 23.6 Å². The van der Waals surface area contributed by atoms with E-state index in [9.17, 15) is 18.7 Å². The molecule has 3 heterocycles. The molecule has 0 radical (unpaired) electrons. The van der Waals surface area contributed by atoms with Gasteiger partial charge in [-0.3, -0.25) is 4.90 Å². The summed E-state index contributed by atoms with van der Waals surface area (Å²) < 4.78 is 32.6. The van der Waals surface area contributed by atoms with Gasteiger partial charge in [-0.15, -0.1) is 0 Å². The number of anilines is 2. The molecule has 0 fully saturated rings. The number of pyridine rings is 2. The number of carboxylic acid groups (broad SMARTS) is 1. The zero-order chi connectivity index (χ0) is 27.5. The summed E-state index contributed by atoms with van der Waals surface area (Å²) in [5, 5.41) is 16.1. The van der Waals surface area contributed by atoms with Gasteiger partial charge in [-0.05, 0) is 68.8 Å². The van der Waals surface area contributed by atoms with Gasteiger partial charge in [0.2, 0.25) is 0 Å². The second-order valence-corrected chi connectivity index (χ2v) is 9.63. The number of nitrogens with zero attached hydrogens (tertiary/aromatic N) is 3. The summed E-state index contributed by atoms with van der Waals surface area (Å²) in [6.45, 7) is 2.87. The van der Waals surface area contributed by atoms with E-state index in [0.717, 1.165) is 74.9 Å². The highest BCUT2D eigenvalue weighted by Crippen LogP contribution is 2.20. The van der Waals surface area contributed by atoms with Crippen molar-refractivity contribution < 1.29 is 23.4 Å². The molecule has 0 saturated carbocycles. The Balaban J connectivity index is 1.30. The highest BCUT2D eigenvalue weighted by atomic mass is 19.1. The number of fused-ring (bicyclic) bond motifs is 1. The minimum atomic E-state index is -0.959. The van der Waals surface area contributed by atoms with Gasteiger partial charge in [0.1, 0.15) is 41.7 Å². The summed E-state index contributed by atoms with van der Waals surface area (Å²) in [5.41, 5.74) is 2.32. The average Bonchev–Trinajstić information content (AvgIpc) is 2.92. The molecular weight excluding hydrogens is 504 g/mol. The maximum atomic E-state index is 13.5. The molecule has 0 amide bonds. The van der Waals surface area contributed by atoms with Gasteiger partial charge in [-0.25, -0.2) is 23.5 Å². The maximum absolute atomic E-state index is 13.5. The van der Waals surface area contributed by atoms with Gasteiger partial charge in [0.25, 0.3) is 0 Å². The lowest BCUT2D eigenvalue weighted by Gasteiger charge is -2.24. The molecule has 3 aromatic rings. The zero-order valence-electron chi connectivity index (χ0n) is 21.9. The van der Waals surface area contributed by atoms with Crippen molar-refractivity contribution in [1.82, 2.24) is 14.9 Å². The number of carbonyl (C=O) groups is 1. The van der Waals surface area contributed by atoms with Crippen molar-refractivity contribution in [1.29, 1.82) is 0 Å². The van der Waals surface area contributed by atoms with Crippen LogP contribution in [-0.4, -0.2) is 64.8 Å². The van der Waals surface area contributed by atoms with Gasteiger partial charge < -0.3 is 20.5 Å². The number of aliphatic carboxylic acids is 1. The van der Waals surface area contributed by atoms with Crippen LogP contribution in [0.3, 0.4) is 0 Å². The zero-order valence-corrected chi connectivity index (χ0v) is 21.9. The van der Waals surface area contributed by atoms with Gasteiger partial charge >= 0.3 is 5.97 Å². The first-order valence-corrected chi connectivity index (χ1v) is 13.4. The molecule has 0 saturated heterocycles. The number of aromatic nitrogens is 2. The summed E-state index contributed by atoms with van der Waals surface area (Å²) in [5.74, 6) is -0.735. The first kappa shape index (κ1) is 28.2. The molecular formula is C29H35F2N5O3. The van der Waals surface area contributed by atoms with Gasteiger partial charge in [0.05, 0.1) is 0 Å². The molecule has 1 aliphatic rings. The monoisotopic (exact) mass is 539 g/mol. The Kier molecular flexibility index (Phi) is 10.4. The first-order chi connectivity index (χ1) is 19.0. The molecule has 8 nitrogen and oxygen atoms in total. The van der Waals surface area contributed by atoms with E-state index in [4.69, 9.17) is 9.72 Å². The summed E-state index contributed by atoms with van der Waals surface area (Å²) >= 11 is 0. The van der Waals surface area contributed by atoms with Gasteiger partial charge in [-0.2, -0.15) is 0 Å². The van der Waals surface area contributed by atoms with Gasteiger partial charge in [-0.1, -0.05) is 12.1 Å². The minimum Gasteiger partial charge on any atom is -0.492 e. The van der Waals surface area contributed by atoms with E-state index in [1.165, 1.54) is 5.56 Å². The minimum absolute atomic E-state index is 0.125. The fourth-order valence-electron chi connectivity index (χ4n) is 4.59. The number of hydrogen-bond donors (Lipinski definition) is 3. The number of rotatable bonds is 15. The number of ether oxygens (including phenoxy) is 1. The standard InChI is InChI=1S/C29H35F2N5O3/c30-22-18-23(31)20-25(19-22)39-17-16-36(15-11-26(29(37)38)35-27-8-1-3-12-32-27)14-4-2-7-24-10-9-21-6-5-13-33-28(21)34-24/h1,3,8-10,12,18-20,26H,2,4-7,11,13-17H2,(H,32,35)(H,33,34)(H,37,38)/t26-/m0/s1. The van der Waals surface area contributed by atoms with Crippen LogP contribution in [0, 0.1) is 11.6 Å². The smallest absolute Gasteiger partial charge is 0.326 e. The summed E-state index contributed by atoms with van der Waals surface area (Å²) in [6, 6.07) is 11.8. The number of unbranched alkanes of at least 4 members (excludes halogenated alkanes) is 1. The van der Waals surface area contributed by atoms with E-state index in [-0.39, 0.29) is 12.4 Å². The van der Waals surface area contributed by atoms with E-state index in [1.807, 2.05) is 0 Å². The van der Waals surface area contributed by atoms with Crippen LogP contribution in [-0.2, 0) is 17.6 Å². The lowest BCUT2D eigenvalue weighted by Crippen LogP contribution is -2.37. The van der Waals surface area contributed by atoms with Crippen molar-refractivity contribution in [2.45, 2.75) is 44.6 Å². The second kappa shape index (κ2) is 14.4. The third-order valence-electron chi connectivity index (χ3n) is 6.64. The van der Waals surface area contributed by atoms with Crippen LogP contribution in [0.1, 0.15) is 36.9 Å². The third-order valence-corrected chi connectivity index (χ3v) is 6.64. The Hall–Kier alpha value is -3.79. The lowest BCUT2D eigenvalue weighted by molar-refractivity contribution is -0.138. The van der Waals surface area contributed by atoms with E-state index in [2.05, 4.69) is 32.7 Å². The molecule has 1 aromatic carbocycles. The molecule has 1 atom stereocenters. The average molecular weight is 540 g/mol. The highest BCUT2D eigenvalue weighted by Gasteiger charge is 2.19. The SMILES string of the molecule is O=C(O)[C@H](CCN(CCCCc1ccc2c(n1)NCCC2)CCOc1cc(F)cc(F)c1)Nc1ccccn1. The molecule has 39 heavy (non-hydrogen) atoms. The Labute approximate surface area is 227 Å². The quantitative estimate of drug-likeness (QED) is 0.238. The van der Waals surface area contributed by atoms with E-state index in [0.29, 0.717) is 25.3 Å². The molecule has 10 heteroatoms. The van der Waals surface area contributed by atoms with E-state index in [1.54, 1.807) is 24.4 Å². The Bertz CT molecular complexity index is 1190. The lowest BCUT2D eigenvalue weighted by atomic mass is 10.1. The Morgan fingerprint density at radius 1 is 1.10 bits per heavy atom. The Morgan fingerprint density at radius 3 is 2.72 bits per heavy atom. The number of carboxylic acids is 1. The van der Waals surface area contributed by atoms with Crippen molar-refractivity contribution in [2.75, 3.05) is 43.4 Å². The molecule has 1 aliphatic heterocycles. The first-order valence-electron chi connectivity index (χ1n) is 13.4. The molecule has 2 aromatic heterocycles. The Morgan fingerprint density at radius 2 is 1.95 bits per heavy atom. The molecule has 208 valence electrons. The summed E-state index contributed by atoms with van der Waals surface area (Å²) in [7, 11) is 0. The molecule has 3 N–H and O–H groups in total. The van der Waals surface area contributed by atoms with Crippen molar-refractivity contribution in [3.63, 3.8) is 0 Å². The predicted octanol–water partition coefficient (Wildman–Crippen LogP) is 4.77. The van der Waals surface area contributed by atoms with Crippen molar-refractivity contribution >= 4 is 17.6 Å². The largest absolute Gasteiger partial charge is 0.492 e. The topological polar surface area (TPSA) is 99.6 Å². The number of nitrogens with one attached hydrogen (secondary N) is 2. The normalized spacial score (nSPS) is 13.4. The number of aryl methyl sites for hydroxylation is 2. The number of hydrogen-bond acceptors (Lipinski definition) is 7. The van der Waals surface area contributed by atoms with Crippen LogP contribution in [0.2, 0.25) is 0 Å². The molecule has 0 bridgehead atoms. The van der Waals surface area contributed by atoms with E-state index >= 15 is 0 Å². The van der Waals surface area contributed by atoms with Crippen molar-refractivity contribution in [3.8, 4) is 5.75 Å². The number of benzene rings is 1. The third kappa shape index (κ3) is 9.17. The second-order valence-electron chi connectivity index (χ2n) is 9.63. The van der Waals surface area contributed by atoms with Crippen LogP contribution >= 0.6 is 0 Å². The van der Waals surface area contributed by atoms with Gasteiger partial charge in [0, 0.05) is 49.7 Å². The van der Waals surface area contributed by atoms with Crippen molar-refractivity contribution in [3.05, 3.63) is 77.6 Å². The van der Waals surface area contributed by atoms with Crippen LogP contribution in [0.15, 0.2) is 54.7 Å². The number of halogens is 2. The molecule has 0 spiro atoms. The molecule has 0 aliphatic carbocycles. The fraction of sp³-hybridized carbons (Fsp3) is 0.414. The van der Waals surface area contributed by atoms with Gasteiger partial charge in [0.15, 0.2) is 0 Å². The highest BCUT2D eigenvalue weighted by molar-refractivity contribution is 5.76. The van der Waals surface area contributed by atoms with Crippen LogP contribution in [0.5, 0.6) is 5.75 Å². The molecule has 0 unspecified atom stereocenters. The maximum Gasteiger partial charge on any atom is 0.326 e. The van der Waals surface area contributed by atoms with Crippen LogP contribution in [0.4, 0.5) is 20.4 Å². The van der Waals surface area contributed by atoms with Crippen molar-refractivity contribution in [2.24, 2.45) is 0 Å². The van der Waals surface area contributed by atoms with Crippen LogP contribution in [0.25, 0.3) is 0 Å². The predicted molar refractivity (Wildman–Crippen MR) is 146 cm³/mol. The fourth-order valence-corrected chi connectivity index (χ4v) is 4.59. The summed E-state index contributed by atoms with van der Waals surface area (Å²) in [4.78, 5) is 22.9. The van der Waals surface area contributed by atoms with Crippen LogP contribution < -0.4 is 15.4 Å².